The number of nitrogens with zero attached hydrogens (tertiary/aromatic N) is 3. The molecule has 0 bridgehead atoms. The summed E-state index contributed by atoms with van der Waals surface area (Å²) in [4.78, 5) is 32.4. The maximum Gasteiger partial charge on any atom is 0.338 e. The van der Waals surface area contributed by atoms with Gasteiger partial charge in [-0.05, 0) is 56.7 Å². The second-order valence-electron chi connectivity index (χ2n) is 9.74. The molecule has 0 amide bonds. The van der Waals surface area contributed by atoms with Crippen LogP contribution in [0.4, 0.5) is 0 Å². The molecule has 10 heteroatoms. The predicted octanol–water partition coefficient (Wildman–Crippen LogP) is 4.66. The molecule has 9 nitrogen and oxygen atoms in total. The maximum atomic E-state index is 14.0. The third-order valence-electron chi connectivity index (χ3n) is 7.04. The minimum atomic E-state index is -0.837. The minimum Gasteiger partial charge on any atom is -0.493 e. The molecule has 1 atom stereocenters. The topological polar surface area (TPSA) is 112 Å². The van der Waals surface area contributed by atoms with Gasteiger partial charge in [0, 0.05) is 11.1 Å². The Balaban J connectivity index is 1.55. The van der Waals surface area contributed by atoms with Gasteiger partial charge in [-0.25, -0.2) is 9.79 Å². The molecule has 0 N–H and O–H groups in total. The highest BCUT2D eigenvalue weighted by molar-refractivity contribution is 7.07. The van der Waals surface area contributed by atoms with Crippen LogP contribution >= 0.6 is 11.3 Å². The second kappa shape index (κ2) is 13.4. The van der Waals surface area contributed by atoms with Gasteiger partial charge < -0.3 is 18.9 Å². The summed E-state index contributed by atoms with van der Waals surface area (Å²) in [7, 11) is 1.54. The lowest BCUT2D eigenvalue weighted by Crippen LogP contribution is -2.40. The van der Waals surface area contributed by atoms with Crippen molar-refractivity contribution >= 4 is 23.4 Å². The molecule has 0 radical (unpaired) electrons. The van der Waals surface area contributed by atoms with Crippen LogP contribution in [0.3, 0.4) is 0 Å². The van der Waals surface area contributed by atoms with E-state index in [-0.39, 0.29) is 24.3 Å². The van der Waals surface area contributed by atoms with Crippen molar-refractivity contribution in [2.75, 3.05) is 20.3 Å². The van der Waals surface area contributed by atoms with Crippen LogP contribution in [0.2, 0.25) is 0 Å². The Morgan fingerprint density at radius 2 is 1.82 bits per heavy atom. The van der Waals surface area contributed by atoms with Crippen molar-refractivity contribution in [2.45, 2.75) is 33.4 Å². The SMILES string of the molecule is CCOC(=O)C1=C(C)N=c2sc(=Cc3ccc(OCc4ccccc4C#N)cc3)c(=O)n2[C@H]1c1cccc(OC)c1OCC. The van der Waals surface area contributed by atoms with Gasteiger partial charge in [-0.2, -0.15) is 5.26 Å². The Kier molecular flexibility index (Phi) is 9.26. The lowest BCUT2D eigenvalue weighted by Gasteiger charge is -2.26. The predicted molar refractivity (Wildman–Crippen MR) is 166 cm³/mol. The summed E-state index contributed by atoms with van der Waals surface area (Å²) in [5.74, 6) is 1.02. The molecule has 3 aromatic carbocycles. The fourth-order valence-electron chi connectivity index (χ4n) is 5.02. The highest BCUT2D eigenvalue weighted by Gasteiger charge is 2.36. The lowest BCUT2D eigenvalue weighted by atomic mass is 9.94. The molecule has 0 fully saturated rings. The van der Waals surface area contributed by atoms with E-state index in [4.69, 9.17) is 18.9 Å². The molecule has 224 valence electrons. The first-order valence-corrected chi connectivity index (χ1v) is 14.9. The number of ether oxygens (including phenoxy) is 4. The lowest BCUT2D eigenvalue weighted by molar-refractivity contribution is -0.139. The largest absolute Gasteiger partial charge is 0.493 e. The van der Waals surface area contributed by atoms with Crippen molar-refractivity contribution in [1.29, 1.82) is 5.26 Å². The number of carbonyl (C=O) groups is 1. The Labute approximate surface area is 258 Å². The number of benzene rings is 3. The number of thiazole rings is 1. The normalized spacial score (nSPS) is 14.3. The number of nitriles is 1. The molecule has 5 rings (SSSR count). The highest BCUT2D eigenvalue weighted by Crippen LogP contribution is 2.40. The molecule has 2 heterocycles. The Bertz CT molecular complexity index is 1950. The van der Waals surface area contributed by atoms with Crippen LogP contribution in [0, 0.1) is 11.3 Å². The first-order chi connectivity index (χ1) is 21.4. The van der Waals surface area contributed by atoms with Gasteiger partial charge in [0.1, 0.15) is 18.4 Å². The average molecular weight is 610 g/mol. The van der Waals surface area contributed by atoms with E-state index in [1.807, 2.05) is 55.5 Å². The van der Waals surface area contributed by atoms with Gasteiger partial charge in [0.25, 0.3) is 5.56 Å². The van der Waals surface area contributed by atoms with E-state index in [0.29, 0.717) is 50.0 Å². The second-order valence-corrected chi connectivity index (χ2v) is 10.7. The van der Waals surface area contributed by atoms with Gasteiger partial charge in [0.2, 0.25) is 0 Å². The molecule has 0 aliphatic carbocycles. The number of hydrogen-bond acceptors (Lipinski definition) is 9. The summed E-state index contributed by atoms with van der Waals surface area (Å²) < 4.78 is 24.8. The van der Waals surface area contributed by atoms with Gasteiger partial charge in [0.05, 0.1) is 47.8 Å². The van der Waals surface area contributed by atoms with E-state index in [1.54, 1.807) is 45.2 Å². The van der Waals surface area contributed by atoms with Gasteiger partial charge in [-0.3, -0.25) is 9.36 Å². The maximum absolute atomic E-state index is 14.0. The fourth-order valence-corrected chi connectivity index (χ4v) is 6.07. The Hall–Kier alpha value is -5.14. The number of para-hydroxylation sites is 1. The van der Waals surface area contributed by atoms with E-state index in [1.165, 1.54) is 15.9 Å². The van der Waals surface area contributed by atoms with Crippen LogP contribution < -0.4 is 29.1 Å². The molecule has 0 saturated carbocycles. The van der Waals surface area contributed by atoms with Crippen LogP contribution in [0.5, 0.6) is 17.2 Å². The number of allylic oxidation sites excluding steroid dienone is 1. The van der Waals surface area contributed by atoms with Crippen LogP contribution in [0.15, 0.2) is 87.8 Å². The van der Waals surface area contributed by atoms with Crippen molar-refractivity contribution in [2.24, 2.45) is 4.99 Å². The first-order valence-electron chi connectivity index (χ1n) is 14.1. The summed E-state index contributed by atoms with van der Waals surface area (Å²) in [6, 6.07) is 21.4. The van der Waals surface area contributed by atoms with E-state index in [9.17, 15) is 14.9 Å². The fraction of sp³-hybridized carbons (Fsp3) is 0.235. The molecule has 0 saturated heterocycles. The van der Waals surface area contributed by atoms with E-state index >= 15 is 0 Å². The van der Waals surface area contributed by atoms with E-state index in [0.717, 1.165) is 11.1 Å². The quantitative estimate of drug-likeness (QED) is 0.241. The van der Waals surface area contributed by atoms with Crippen molar-refractivity contribution < 1.29 is 23.7 Å². The van der Waals surface area contributed by atoms with Crippen LogP contribution in [0.25, 0.3) is 6.08 Å². The van der Waals surface area contributed by atoms with Gasteiger partial charge in [0.15, 0.2) is 16.3 Å². The zero-order valence-corrected chi connectivity index (χ0v) is 25.6. The Morgan fingerprint density at radius 3 is 2.52 bits per heavy atom. The first kappa shape index (κ1) is 30.3. The zero-order chi connectivity index (χ0) is 31.2. The molecule has 1 aliphatic heterocycles. The average Bonchev–Trinajstić information content (AvgIpc) is 3.34. The number of fused-ring (bicyclic) bond motifs is 1. The molecular formula is C34H31N3O6S. The van der Waals surface area contributed by atoms with E-state index in [2.05, 4.69) is 11.1 Å². The molecule has 1 aromatic heterocycles. The van der Waals surface area contributed by atoms with E-state index < -0.39 is 12.0 Å². The van der Waals surface area contributed by atoms with Gasteiger partial charge in [-0.15, -0.1) is 0 Å². The van der Waals surface area contributed by atoms with Crippen molar-refractivity contribution in [1.82, 2.24) is 4.57 Å². The van der Waals surface area contributed by atoms with Gasteiger partial charge in [-0.1, -0.05) is 53.8 Å². The van der Waals surface area contributed by atoms with Crippen LogP contribution in [-0.4, -0.2) is 30.9 Å². The molecular weight excluding hydrogens is 578 g/mol. The number of methoxy groups -OCH3 is 1. The number of aromatic nitrogens is 1. The molecule has 1 aliphatic rings. The molecule has 0 unspecified atom stereocenters. The van der Waals surface area contributed by atoms with Crippen LogP contribution in [0.1, 0.15) is 49.1 Å². The summed E-state index contributed by atoms with van der Waals surface area (Å²) in [5, 5.41) is 9.32. The van der Waals surface area contributed by atoms with Crippen molar-refractivity contribution in [3.63, 3.8) is 0 Å². The zero-order valence-electron chi connectivity index (χ0n) is 24.8. The minimum absolute atomic E-state index is 0.174. The van der Waals surface area contributed by atoms with Crippen molar-refractivity contribution in [3.8, 4) is 23.3 Å². The molecule has 4 aromatic rings. The number of carbonyl (C=O) groups excluding carboxylic acids is 1. The third kappa shape index (κ3) is 6.00. The molecule has 0 spiro atoms. The van der Waals surface area contributed by atoms with Gasteiger partial charge >= 0.3 is 5.97 Å². The molecule has 44 heavy (non-hydrogen) atoms. The van der Waals surface area contributed by atoms with Crippen molar-refractivity contribution in [3.05, 3.63) is 120 Å². The third-order valence-corrected chi connectivity index (χ3v) is 8.02. The summed E-state index contributed by atoms with van der Waals surface area (Å²) in [5.41, 5.74) is 3.18. The monoisotopic (exact) mass is 609 g/mol. The standard InChI is InChI=1S/C34H31N3O6S/c1-5-41-31-26(12-9-13-27(31)40-4)30-29(33(39)42-6-2)21(3)36-34-37(30)32(38)28(44-34)18-22-14-16-25(17-15-22)43-20-24-11-8-7-10-23(24)19-35/h7-18,30H,5-6,20H2,1-4H3/t30-/m0/s1. The summed E-state index contributed by atoms with van der Waals surface area (Å²) in [6.45, 7) is 6.13. The number of esters is 1. The Morgan fingerprint density at radius 1 is 1.05 bits per heavy atom. The highest BCUT2D eigenvalue weighted by atomic mass is 32.1. The number of rotatable bonds is 10. The summed E-state index contributed by atoms with van der Waals surface area (Å²) >= 11 is 1.24. The summed E-state index contributed by atoms with van der Waals surface area (Å²) in [6.07, 6.45) is 1.79. The van der Waals surface area contributed by atoms with Crippen LogP contribution in [-0.2, 0) is 16.1 Å². The smallest absolute Gasteiger partial charge is 0.338 e. The number of hydrogen-bond donors (Lipinski definition) is 0.